The Bertz CT molecular complexity index is 1040. The van der Waals surface area contributed by atoms with Crippen LogP contribution >= 0.6 is 0 Å². The molecule has 0 spiro atoms. The van der Waals surface area contributed by atoms with Crippen LogP contribution in [0.1, 0.15) is 54.4 Å². The normalized spacial score (nSPS) is 18.3. The molecule has 35 heavy (non-hydrogen) atoms. The molecule has 2 atom stereocenters. The average Bonchev–Trinajstić information content (AvgIpc) is 2.83. The van der Waals surface area contributed by atoms with Crippen molar-refractivity contribution in [3.05, 3.63) is 70.5 Å². The Morgan fingerprint density at radius 1 is 1.09 bits per heavy atom. The number of nitrogens with zero attached hydrogens (tertiary/aromatic N) is 1. The lowest BCUT2D eigenvalue weighted by atomic mass is 9.83. The third-order valence-corrected chi connectivity index (χ3v) is 6.29. The lowest BCUT2D eigenvalue weighted by Crippen LogP contribution is -2.51. The second-order valence-electron chi connectivity index (χ2n) is 9.04. The molecule has 9 heteroatoms. The Hall–Kier alpha value is -3.10. The highest BCUT2D eigenvalue weighted by atomic mass is 19.4. The van der Waals surface area contributed by atoms with Gasteiger partial charge >= 0.3 is 12.2 Å². The molecule has 1 heterocycles. The zero-order chi connectivity index (χ0) is 25.6. The topological polar surface area (TPSA) is 61.4 Å². The van der Waals surface area contributed by atoms with Crippen LogP contribution in [-0.2, 0) is 17.5 Å². The number of benzene rings is 2. The fourth-order valence-corrected chi connectivity index (χ4v) is 4.29. The molecule has 0 saturated carbocycles. The quantitative estimate of drug-likeness (QED) is 0.402. The Labute approximate surface area is 202 Å². The van der Waals surface area contributed by atoms with Crippen molar-refractivity contribution in [2.24, 2.45) is 5.92 Å². The largest absolute Gasteiger partial charge is 0.416 e. The molecule has 0 aliphatic carbocycles. The van der Waals surface area contributed by atoms with Gasteiger partial charge in [0.2, 0.25) is 5.91 Å². The van der Waals surface area contributed by atoms with Gasteiger partial charge in [0.25, 0.3) is 0 Å². The summed E-state index contributed by atoms with van der Waals surface area (Å²) >= 11 is 0. The molecular formula is C26H31F4N3O2. The van der Waals surface area contributed by atoms with E-state index in [-0.39, 0.29) is 36.8 Å². The zero-order valence-corrected chi connectivity index (χ0v) is 19.9. The average molecular weight is 494 g/mol. The van der Waals surface area contributed by atoms with E-state index < -0.39 is 17.7 Å². The van der Waals surface area contributed by atoms with E-state index in [1.165, 1.54) is 18.2 Å². The molecule has 1 aliphatic heterocycles. The highest BCUT2D eigenvalue weighted by molar-refractivity contribution is 5.81. The lowest BCUT2D eigenvalue weighted by Gasteiger charge is -2.37. The number of carbonyl (C=O) groups excluding carboxylic acids is 2. The third-order valence-electron chi connectivity index (χ3n) is 6.29. The maximum Gasteiger partial charge on any atom is 0.416 e. The molecule has 0 radical (unpaired) electrons. The minimum absolute atomic E-state index is 0.0533. The number of aryl methyl sites for hydroxylation is 1. The minimum Gasteiger partial charge on any atom is -0.352 e. The van der Waals surface area contributed by atoms with Crippen LogP contribution in [0.25, 0.3) is 0 Å². The predicted molar refractivity (Wildman–Crippen MR) is 125 cm³/mol. The smallest absolute Gasteiger partial charge is 0.352 e. The summed E-state index contributed by atoms with van der Waals surface area (Å²) in [6.45, 7) is 4.74. The monoisotopic (exact) mass is 493 g/mol. The number of piperidine rings is 1. The van der Waals surface area contributed by atoms with Crippen LogP contribution in [0.2, 0.25) is 0 Å². The van der Waals surface area contributed by atoms with Crippen LogP contribution in [0, 0.1) is 18.7 Å². The molecule has 2 aromatic rings. The molecule has 190 valence electrons. The van der Waals surface area contributed by atoms with Gasteiger partial charge in [-0.2, -0.15) is 13.2 Å². The lowest BCUT2D eigenvalue weighted by molar-refractivity contribution is -0.137. The van der Waals surface area contributed by atoms with E-state index in [9.17, 15) is 27.2 Å². The molecule has 3 amide bonds. The third kappa shape index (κ3) is 7.19. The van der Waals surface area contributed by atoms with Gasteiger partial charge in [0.15, 0.2) is 0 Å². The standard InChI is InChI=1S/C26H31F4N3O2/c1-3-4-10-31-25(35)33-15-20(19-8-9-23(27)17(2)11-19)13-21(16-33)24(34)32-14-18-6-5-7-22(12-18)26(28,29)30/h5-9,11-12,20-21H,3-4,10,13-16H2,1-2H3,(H,31,35)(H,32,34). The number of rotatable bonds is 7. The van der Waals surface area contributed by atoms with Gasteiger partial charge in [-0.1, -0.05) is 37.6 Å². The SMILES string of the molecule is CCCCNC(=O)N1CC(C(=O)NCc2cccc(C(F)(F)F)c2)CC(c2ccc(F)c(C)c2)C1. The van der Waals surface area contributed by atoms with Crippen LogP contribution < -0.4 is 10.6 Å². The summed E-state index contributed by atoms with van der Waals surface area (Å²) in [7, 11) is 0. The van der Waals surface area contributed by atoms with Gasteiger partial charge < -0.3 is 15.5 Å². The van der Waals surface area contributed by atoms with Crippen LogP contribution in [0.5, 0.6) is 0 Å². The highest BCUT2D eigenvalue weighted by Crippen LogP contribution is 2.32. The molecule has 1 aliphatic rings. The van der Waals surface area contributed by atoms with E-state index in [1.54, 1.807) is 24.0 Å². The first-order valence-corrected chi connectivity index (χ1v) is 11.8. The van der Waals surface area contributed by atoms with E-state index in [2.05, 4.69) is 10.6 Å². The first-order chi connectivity index (χ1) is 16.6. The molecule has 2 unspecified atom stereocenters. The van der Waals surface area contributed by atoms with E-state index >= 15 is 0 Å². The van der Waals surface area contributed by atoms with Crippen LogP contribution in [-0.4, -0.2) is 36.5 Å². The predicted octanol–water partition coefficient (Wildman–Crippen LogP) is 5.38. The molecule has 5 nitrogen and oxygen atoms in total. The number of amides is 3. The number of unbranched alkanes of at least 4 members (excludes halogenated alkanes) is 1. The molecule has 1 fully saturated rings. The molecule has 1 saturated heterocycles. The summed E-state index contributed by atoms with van der Waals surface area (Å²) < 4.78 is 52.8. The summed E-state index contributed by atoms with van der Waals surface area (Å²) in [4.78, 5) is 27.4. The number of urea groups is 1. The maximum absolute atomic E-state index is 13.8. The molecular weight excluding hydrogens is 462 g/mol. The Kier molecular flexibility index (Phi) is 8.75. The van der Waals surface area contributed by atoms with Crippen molar-refractivity contribution in [1.82, 2.24) is 15.5 Å². The van der Waals surface area contributed by atoms with Crippen molar-refractivity contribution in [1.29, 1.82) is 0 Å². The summed E-state index contributed by atoms with van der Waals surface area (Å²) in [6, 6.07) is 9.34. The van der Waals surface area contributed by atoms with E-state index in [4.69, 9.17) is 0 Å². The first kappa shape index (κ1) is 26.5. The van der Waals surface area contributed by atoms with E-state index in [0.29, 0.717) is 30.6 Å². The van der Waals surface area contributed by atoms with Crippen LogP contribution in [0.3, 0.4) is 0 Å². The Morgan fingerprint density at radius 2 is 1.86 bits per heavy atom. The zero-order valence-electron chi connectivity index (χ0n) is 19.9. The van der Waals surface area contributed by atoms with Gasteiger partial charge in [0.05, 0.1) is 11.5 Å². The van der Waals surface area contributed by atoms with Crippen molar-refractivity contribution in [3.63, 3.8) is 0 Å². The van der Waals surface area contributed by atoms with Gasteiger partial charge in [-0.25, -0.2) is 9.18 Å². The van der Waals surface area contributed by atoms with Crippen molar-refractivity contribution in [3.8, 4) is 0 Å². The van der Waals surface area contributed by atoms with Crippen molar-refractivity contribution < 1.29 is 27.2 Å². The molecule has 3 rings (SSSR count). The van der Waals surface area contributed by atoms with Crippen LogP contribution in [0.4, 0.5) is 22.4 Å². The van der Waals surface area contributed by atoms with E-state index in [1.807, 2.05) is 6.92 Å². The maximum atomic E-state index is 13.8. The number of halogens is 4. The second kappa shape index (κ2) is 11.6. The summed E-state index contributed by atoms with van der Waals surface area (Å²) in [5.74, 6) is -1.39. The fraction of sp³-hybridized carbons (Fsp3) is 0.462. The number of alkyl halides is 3. The molecule has 2 aromatic carbocycles. The van der Waals surface area contributed by atoms with Gasteiger partial charge in [-0.15, -0.1) is 0 Å². The molecule has 0 bridgehead atoms. The second-order valence-corrected chi connectivity index (χ2v) is 9.04. The number of hydrogen-bond donors (Lipinski definition) is 2. The number of hydrogen-bond acceptors (Lipinski definition) is 2. The van der Waals surface area contributed by atoms with Gasteiger partial charge in [0, 0.05) is 32.1 Å². The summed E-state index contributed by atoms with van der Waals surface area (Å²) in [5.41, 5.74) is 0.885. The highest BCUT2D eigenvalue weighted by Gasteiger charge is 2.35. The minimum atomic E-state index is -4.46. The van der Waals surface area contributed by atoms with Crippen molar-refractivity contribution >= 4 is 11.9 Å². The molecule has 2 N–H and O–H groups in total. The van der Waals surface area contributed by atoms with E-state index in [0.717, 1.165) is 30.5 Å². The number of likely N-dealkylation sites (tertiary alicyclic amines) is 1. The van der Waals surface area contributed by atoms with Crippen molar-refractivity contribution in [2.45, 2.75) is 51.7 Å². The summed E-state index contributed by atoms with van der Waals surface area (Å²) in [5, 5.41) is 5.60. The fourth-order valence-electron chi connectivity index (χ4n) is 4.29. The first-order valence-electron chi connectivity index (χ1n) is 11.8. The summed E-state index contributed by atoms with van der Waals surface area (Å²) in [6.07, 6.45) is -2.26. The van der Waals surface area contributed by atoms with Gasteiger partial charge in [-0.05, 0) is 54.7 Å². The molecule has 0 aromatic heterocycles. The van der Waals surface area contributed by atoms with Gasteiger partial charge in [-0.3, -0.25) is 4.79 Å². The Balaban J connectivity index is 1.73. The van der Waals surface area contributed by atoms with Crippen molar-refractivity contribution in [2.75, 3.05) is 19.6 Å². The van der Waals surface area contributed by atoms with Crippen LogP contribution in [0.15, 0.2) is 42.5 Å². The number of carbonyl (C=O) groups is 2. The van der Waals surface area contributed by atoms with Gasteiger partial charge in [0.1, 0.15) is 5.82 Å². The Morgan fingerprint density at radius 3 is 2.54 bits per heavy atom. The number of nitrogens with one attached hydrogen (secondary N) is 2.